The van der Waals surface area contributed by atoms with Gasteiger partial charge >= 0.3 is 0 Å². The number of rotatable bonds is 6. The number of Topliss-reactive ketones (excluding diaryl/α,β-unsaturated/α-hetero) is 1. The molecule has 0 aliphatic carbocycles. The number of ketones is 1. The Kier molecular flexibility index (Phi) is 4.52. The third-order valence-corrected chi connectivity index (χ3v) is 6.16. The fourth-order valence-corrected chi connectivity index (χ4v) is 4.12. The molecule has 0 bridgehead atoms. The third-order valence-electron chi connectivity index (χ3n) is 4.43. The molecule has 0 radical (unpaired) electrons. The molecule has 0 unspecified atom stereocenters. The van der Waals surface area contributed by atoms with Gasteiger partial charge in [0.15, 0.2) is 5.78 Å². The summed E-state index contributed by atoms with van der Waals surface area (Å²) in [5, 5.41) is 3.91. The van der Waals surface area contributed by atoms with Crippen LogP contribution in [0.15, 0.2) is 71.2 Å². The van der Waals surface area contributed by atoms with Gasteiger partial charge in [-0.05, 0) is 24.1 Å². The average Bonchev–Trinajstić information content (AvgIpc) is 3.34. The van der Waals surface area contributed by atoms with Crippen molar-refractivity contribution in [3.8, 4) is 0 Å². The van der Waals surface area contributed by atoms with E-state index in [1.165, 1.54) is 23.3 Å². The Hall–Kier alpha value is -3.33. The summed E-state index contributed by atoms with van der Waals surface area (Å²) in [4.78, 5) is 21.0. The topological polar surface area (TPSA) is 99.2 Å². The van der Waals surface area contributed by atoms with E-state index in [1.807, 2.05) is 0 Å². The molecule has 4 aromatic rings. The number of benzene rings is 1. The molecule has 0 amide bonds. The molecule has 3 heterocycles. The number of carbonyl (C=O) groups excluding carboxylic acids is 1. The van der Waals surface area contributed by atoms with E-state index in [4.69, 9.17) is 0 Å². The Balaban J connectivity index is 1.45. The van der Waals surface area contributed by atoms with Crippen LogP contribution in [0, 0.1) is 0 Å². The van der Waals surface area contributed by atoms with Crippen molar-refractivity contribution in [3.05, 3.63) is 72.6 Å². The van der Waals surface area contributed by atoms with Crippen molar-refractivity contribution in [2.75, 3.05) is 0 Å². The summed E-state index contributed by atoms with van der Waals surface area (Å²) in [6.45, 7) is 0. The molecule has 4 rings (SSSR count). The number of nitrogens with zero attached hydrogens (tertiary/aromatic N) is 5. The lowest BCUT2D eigenvalue weighted by atomic mass is 10.0. The number of hydrogen-bond donors (Lipinski definition) is 0. The molecule has 0 aliphatic heterocycles. The van der Waals surface area contributed by atoms with E-state index in [1.54, 1.807) is 54.3 Å². The molecular formula is C19H17N5O3S. The second-order valence-electron chi connectivity index (χ2n) is 6.40. The van der Waals surface area contributed by atoms with Crippen molar-refractivity contribution in [3.63, 3.8) is 0 Å². The van der Waals surface area contributed by atoms with Gasteiger partial charge < -0.3 is 0 Å². The molecule has 0 N–H and O–H groups in total. The number of aryl methyl sites for hydroxylation is 2. The van der Waals surface area contributed by atoms with Crippen molar-refractivity contribution < 1.29 is 13.2 Å². The second-order valence-corrected chi connectivity index (χ2v) is 8.35. The molecule has 0 fully saturated rings. The smallest absolute Gasteiger partial charge is 0.233 e. The van der Waals surface area contributed by atoms with Crippen LogP contribution in [0.2, 0.25) is 0 Å². The van der Waals surface area contributed by atoms with Gasteiger partial charge in [0.25, 0.3) is 0 Å². The highest BCUT2D eigenvalue weighted by molar-refractivity contribution is 7.91. The SMILES string of the molecule is Cn1cc(S(=O)(=O)c2ccc(CCC(=O)c3cnc4nccn4c3)cc2)cn1. The second kappa shape index (κ2) is 7.01. The Morgan fingerprint density at radius 3 is 2.54 bits per heavy atom. The maximum absolute atomic E-state index is 12.6. The number of hydrogen-bond acceptors (Lipinski definition) is 6. The number of aromatic nitrogens is 5. The predicted octanol–water partition coefficient (Wildman–Crippen LogP) is 2.11. The molecule has 0 spiro atoms. The summed E-state index contributed by atoms with van der Waals surface area (Å²) in [5.74, 6) is 0.511. The van der Waals surface area contributed by atoms with Gasteiger partial charge in [-0.1, -0.05) is 12.1 Å². The number of fused-ring (bicyclic) bond motifs is 1. The average molecular weight is 395 g/mol. The minimum Gasteiger partial charge on any atom is -0.294 e. The van der Waals surface area contributed by atoms with Crippen LogP contribution < -0.4 is 0 Å². The van der Waals surface area contributed by atoms with Crippen LogP contribution in [0.25, 0.3) is 5.78 Å². The van der Waals surface area contributed by atoms with Crippen LogP contribution in [-0.4, -0.2) is 38.4 Å². The van der Waals surface area contributed by atoms with Gasteiger partial charge in [0.2, 0.25) is 15.6 Å². The largest absolute Gasteiger partial charge is 0.294 e. The summed E-state index contributed by atoms with van der Waals surface area (Å²) in [7, 11) is -1.93. The summed E-state index contributed by atoms with van der Waals surface area (Å²) in [5.41, 5.74) is 1.40. The molecule has 142 valence electrons. The van der Waals surface area contributed by atoms with Gasteiger partial charge in [-0.3, -0.25) is 13.9 Å². The zero-order valence-electron chi connectivity index (χ0n) is 15.1. The Morgan fingerprint density at radius 2 is 1.82 bits per heavy atom. The van der Waals surface area contributed by atoms with E-state index in [2.05, 4.69) is 15.1 Å². The lowest BCUT2D eigenvalue weighted by Crippen LogP contribution is -2.04. The summed E-state index contributed by atoms with van der Waals surface area (Å²) in [6.07, 6.45) is 10.2. The van der Waals surface area contributed by atoms with Crippen molar-refractivity contribution in [1.29, 1.82) is 0 Å². The van der Waals surface area contributed by atoms with Crippen LogP contribution >= 0.6 is 0 Å². The van der Waals surface area contributed by atoms with Crippen LogP contribution in [0.3, 0.4) is 0 Å². The quantitative estimate of drug-likeness (QED) is 0.464. The monoisotopic (exact) mass is 395 g/mol. The first kappa shape index (κ1) is 18.1. The van der Waals surface area contributed by atoms with Crippen LogP contribution in [0.5, 0.6) is 0 Å². The van der Waals surface area contributed by atoms with Gasteiger partial charge in [0.05, 0.1) is 16.7 Å². The fourth-order valence-electron chi connectivity index (χ4n) is 2.87. The first-order valence-corrected chi connectivity index (χ1v) is 10.1. The molecule has 0 atom stereocenters. The normalized spacial score (nSPS) is 11.8. The van der Waals surface area contributed by atoms with Gasteiger partial charge in [-0.15, -0.1) is 0 Å². The van der Waals surface area contributed by atoms with E-state index < -0.39 is 9.84 Å². The highest BCUT2D eigenvalue weighted by atomic mass is 32.2. The molecule has 28 heavy (non-hydrogen) atoms. The van der Waals surface area contributed by atoms with Gasteiger partial charge in [-0.2, -0.15) is 5.10 Å². The lowest BCUT2D eigenvalue weighted by Gasteiger charge is -2.05. The van der Waals surface area contributed by atoms with E-state index in [9.17, 15) is 13.2 Å². The van der Waals surface area contributed by atoms with Crippen molar-refractivity contribution in [1.82, 2.24) is 24.1 Å². The molecule has 8 nitrogen and oxygen atoms in total. The standard InChI is InChI=1S/C19H17N5O3S/c1-23-13-17(11-22-23)28(26,27)16-5-2-14(3-6-16)4-7-18(25)15-10-21-19-20-8-9-24(19)12-15/h2-3,5-6,8-13H,4,7H2,1H3. The predicted molar refractivity (Wildman–Crippen MR) is 101 cm³/mol. The molecular weight excluding hydrogens is 378 g/mol. The molecule has 0 saturated heterocycles. The highest BCUT2D eigenvalue weighted by Crippen LogP contribution is 2.21. The molecule has 1 aromatic carbocycles. The lowest BCUT2D eigenvalue weighted by molar-refractivity contribution is 0.0982. The van der Waals surface area contributed by atoms with Crippen LogP contribution in [-0.2, 0) is 23.3 Å². The zero-order chi connectivity index (χ0) is 19.7. The van der Waals surface area contributed by atoms with Crippen LogP contribution in [0.1, 0.15) is 22.3 Å². The minimum atomic E-state index is -3.59. The van der Waals surface area contributed by atoms with Gasteiger partial charge in [0.1, 0.15) is 4.90 Å². The van der Waals surface area contributed by atoms with Crippen LogP contribution in [0.4, 0.5) is 0 Å². The van der Waals surface area contributed by atoms with E-state index in [-0.39, 0.29) is 15.6 Å². The zero-order valence-corrected chi connectivity index (χ0v) is 15.9. The number of carbonyl (C=O) groups is 1. The first-order valence-electron chi connectivity index (χ1n) is 8.58. The van der Waals surface area contributed by atoms with Gasteiger partial charge in [0, 0.05) is 44.5 Å². The highest BCUT2D eigenvalue weighted by Gasteiger charge is 2.19. The van der Waals surface area contributed by atoms with E-state index in [0.717, 1.165) is 5.56 Å². The third kappa shape index (κ3) is 3.44. The Morgan fingerprint density at radius 1 is 1.04 bits per heavy atom. The van der Waals surface area contributed by atoms with E-state index >= 15 is 0 Å². The first-order chi connectivity index (χ1) is 13.4. The Labute approximate surface area is 161 Å². The fraction of sp³-hybridized carbons (Fsp3) is 0.158. The Bertz CT molecular complexity index is 1260. The summed E-state index contributed by atoms with van der Waals surface area (Å²) < 4.78 is 28.3. The maximum Gasteiger partial charge on any atom is 0.233 e. The van der Waals surface area contributed by atoms with E-state index in [0.29, 0.717) is 24.2 Å². The molecule has 0 aliphatic rings. The van der Waals surface area contributed by atoms with Gasteiger partial charge in [-0.25, -0.2) is 18.4 Å². The minimum absolute atomic E-state index is 0.0323. The van der Waals surface area contributed by atoms with Crippen molar-refractivity contribution >= 4 is 21.4 Å². The van der Waals surface area contributed by atoms with Crippen molar-refractivity contribution in [2.24, 2.45) is 7.05 Å². The maximum atomic E-state index is 12.6. The summed E-state index contributed by atoms with van der Waals surface area (Å²) in [6, 6.07) is 6.57. The number of sulfone groups is 1. The molecule has 9 heteroatoms. The summed E-state index contributed by atoms with van der Waals surface area (Å²) >= 11 is 0. The van der Waals surface area contributed by atoms with Crippen molar-refractivity contribution in [2.45, 2.75) is 22.6 Å². The number of imidazole rings is 1. The molecule has 0 saturated carbocycles. The molecule has 3 aromatic heterocycles.